The zero-order valence-corrected chi connectivity index (χ0v) is 11.2. The van der Waals surface area contributed by atoms with Gasteiger partial charge in [0.2, 0.25) is 5.82 Å². The zero-order chi connectivity index (χ0) is 15.4. The first-order valence-corrected chi connectivity index (χ1v) is 6.36. The SMILES string of the molecule is O=C(NCc1ccccc1F)c1nc(-c2cnccn2)no1. The second kappa shape index (κ2) is 6.08. The Balaban J connectivity index is 1.69. The minimum atomic E-state index is -0.592. The van der Waals surface area contributed by atoms with Crippen molar-refractivity contribution in [2.45, 2.75) is 6.54 Å². The molecule has 0 radical (unpaired) electrons. The largest absolute Gasteiger partial charge is 0.344 e. The first-order chi connectivity index (χ1) is 10.7. The van der Waals surface area contributed by atoms with Gasteiger partial charge in [0.15, 0.2) is 0 Å². The normalized spacial score (nSPS) is 10.4. The smallest absolute Gasteiger partial charge is 0.316 e. The maximum absolute atomic E-state index is 13.5. The van der Waals surface area contributed by atoms with Crippen LogP contribution in [0.2, 0.25) is 0 Å². The van der Waals surface area contributed by atoms with E-state index < -0.39 is 11.7 Å². The molecule has 0 unspecified atom stereocenters. The standard InChI is InChI=1S/C14H10FN5O2/c15-10-4-2-1-3-9(10)7-18-13(21)14-19-12(20-22-14)11-8-16-5-6-17-11/h1-6,8H,7H2,(H,18,21). The molecular formula is C14H10FN5O2. The summed E-state index contributed by atoms with van der Waals surface area (Å²) in [5, 5.41) is 6.17. The van der Waals surface area contributed by atoms with Crippen LogP contribution < -0.4 is 5.32 Å². The number of halogens is 1. The van der Waals surface area contributed by atoms with Gasteiger partial charge in [-0.2, -0.15) is 4.98 Å². The van der Waals surface area contributed by atoms with Crippen molar-refractivity contribution < 1.29 is 13.7 Å². The van der Waals surface area contributed by atoms with Crippen molar-refractivity contribution >= 4 is 5.91 Å². The van der Waals surface area contributed by atoms with Crippen LogP contribution in [0, 0.1) is 5.82 Å². The summed E-state index contributed by atoms with van der Waals surface area (Å²) in [6.07, 6.45) is 4.43. The van der Waals surface area contributed by atoms with Crippen LogP contribution in [0.25, 0.3) is 11.5 Å². The van der Waals surface area contributed by atoms with Gasteiger partial charge in [-0.1, -0.05) is 23.4 Å². The number of rotatable bonds is 4. The van der Waals surface area contributed by atoms with E-state index in [1.54, 1.807) is 18.2 Å². The Morgan fingerprint density at radius 1 is 1.27 bits per heavy atom. The number of benzene rings is 1. The highest BCUT2D eigenvalue weighted by Gasteiger charge is 2.17. The molecule has 110 valence electrons. The third kappa shape index (κ3) is 2.95. The molecule has 3 rings (SSSR count). The lowest BCUT2D eigenvalue weighted by Gasteiger charge is -2.03. The summed E-state index contributed by atoms with van der Waals surface area (Å²) in [7, 11) is 0. The molecule has 0 atom stereocenters. The fraction of sp³-hybridized carbons (Fsp3) is 0.0714. The Morgan fingerprint density at radius 3 is 2.91 bits per heavy atom. The van der Waals surface area contributed by atoms with Crippen molar-refractivity contribution in [2.75, 3.05) is 0 Å². The summed E-state index contributed by atoms with van der Waals surface area (Å²) in [6, 6.07) is 6.16. The summed E-state index contributed by atoms with van der Waals surface area (Å²) in [4.78, 5) is 23.7. The molecule has 7 nitrogen and oxygen atoms in total. The Labute approximate surface area is 124 Å². The Kier molecular flexibility index (Phi) is 3.82. The van der Waals surface area contributed by atoms with Crippen molar-refractivity contribution in [3.63, 3.8) is 0 Å². The van der Waals surface area contributed by atoms with Gasteiger partial charge >= 0.3 is 11.8 Å². The molecule has 8 heteroatoms. The van der Waals surface area contributed by atoms with Gasteiger partial charge in [0, 0.05) is 24.5 Å². The lowest BCUT2D eigenvalue weighted by molar-refractivity contribution is 0.0906. The molecule has 2 aromatic heterocycles. The molecule has 2 heterocycles. The van der Waals surface area contributed by atoms with Gasteiger partial charge in [-0.3, -0.25) is 9.78 Å². The van der Waals surface area contributed by atoms with Gasteiger partial charge in [-0.05, 0) is 6.07 Å². The van der Waals surface area contributed by atoms with Crippen LogP contribution in [0.15, 0.2) is 47.4 Å². The number of carbonyl (C=O) groups is 1. The molecule has 0 saturated carbocycles. The zero-order valence-electron chi connectivity index (χ0n) is 11.2. The number of amides is 1. The van der Waals surface area contributed by atoms with E-state index in [0.29, 0.717) is 11.3 Å². The highest BCUT2D eigenvalue weighted by atomic mass is 19.1. The monoisotopic (exact) mass is 299 g/mol. The average Bonchev–Trinajstić information content (AvgIpc) is 3.05. The molecule has 0 aliphatic heterocycles. The second-order valence-electron chi connectivity index (χ2n) is 4.29. The lowest BCUT2D eigenvalue weighted by Crippen LogP contribution is -2.23. The summed E-state index contributed by atoms with van der Waals surface area (Å²) in [5.74, 6) is -1.05. The molecule has 1 N–H and O–H groups in total. The third-order valence-corrected chi connectivity index (χ3v) is 2.81. The average molecular weight is 299 g/mol. The summed E-state index contributed by atoms with van der Waals surface area (Å²) in [5.41, 5.74) is 0.754. The van der Waals surface area contributed by atoms with Crippen LogP contribution in [0.3, 0.4) is 0 Å². The molecule has 0 bridgehead atoms. The lowest BCUT2D eigenvalue weighted by atomic mass is 10.2. The van der Waals surface area contributed by atoms with Gasteiger partial charge in [-0.25, -0.2) is 9.37 Å². The molecule has 22 heavy (non-hydrogen) atoms. The first kappa shape index (κ1) is 13.8. The van der Waals surface area contributed by atoms with E-state index in [4.69, 9.17) is 4.52 Å². The quantitative estimate of drug-likeness (QED) is 0.786. The molecule has 0 fully saturated rings. The van der Waals surface area contributed by atoms with Crippen LogP contribution >= 0.6 is 0 Å². The molecule has 0 aliphatic rings. The van der Waals surface area contributed by atoms with E-state index in [0.717, 1.165) is 0 Å². The van der Waals surface area contributed by atoms with E-state index in [2.05, 4.69) is 25.4 Å². The van der Waals surface area contributed by atoms with E-state index in [9.17, 15) is 9.18 Å². The first-order valence-electron chi connectivity index (χ1n) is 6.36. The molecule has 3 aromatic rings. The van der Waals surface area contributed by atoms with Gasteiger partial charge < -0.3 is 9.84 Å². The van der Waals surface area contributed by atoms with Crippen LogP contribution in [0.1, 0.15) is 16.2 Å². The van der Waals surface area contributed by atoms with Crippen molar-refractivity contribution in [3.05, 3.63) is 60.1 Å². The molecule has 0 spiro atoms. The Hall–Kier alpha value is -3.16. The molecular weight excluding hydrogens is 289 g/mol. The summed E-state index contributed by atoms with van der Waals surface area (Å²) >= 11 is 0. The summed E-state index contributed by atoms with van der Waals surface area (Å²) < 4.78 is 18.3. The van der Waals surface area contributed by atoms with Gasteiger partial charge in [0.05, 0.1) is 6.20 Å². The number of nitrogens with zero attached hydrogens (tertiary/aromatic N) is 4. The van der Waals surface area contributed by atoms with Gasteiger partial charge in [0.25, 0.3) is 0 Å². The number of carbonyl (C=O) groups excluding carboxylic acids is 1. The highest BCUT2D eigenvalue weighted by Crippen LogP contribution is 2.11. The van der Waals surface area contributed by atoms with Crippen molar-refractivity contribution in [1.82, 2.24) is 25.4 Å². The van der Waals surface area contributed by atoms with Crippen LogP contribution in [-0.4, -0.2) is 26.0 Å². The van der Waals surface area contributed by atoms with E-state index in [-0.39, 0.29) is 18.3 Å². The van der Waals surface area contributed by atoms with Crippen LogP contribution in [-0.2, 0) is 6.54 Å². The number of aromatic nitrogens is 4. The van der Waals surface area contributed by atoms with Crippen molar-refractivity contribution in [1.29, 1.82) is 0 Å². The predicted octanol–water partition coefficient (Wildman–Crippen LogP) is 1.60. The minimum Gasteiger partial charge on any atom is -0.344 e. The van der Waals surface area contributed by atoms with E-state index in [1.165, 1.54) is 24.7 Å². The maximum atomic E-state index is 13.5. The van der Waals surface area contributed by atoms with Crippen molar-refractivity contribution in [2.24, 2.45) is 0 Å². The minimum absolute atomic E-state index is 0.0222. The van der Waals surface area contributed by atoms with Gasteiger partial charge in [-0.15, -0.1) is 0 Å². The topological polar surface area (TPSA) is 93.8 Å². The van der Waals surface area contributed by atoms with Gasteiger partial charge in [0.1, 0.15) is 11.5 Å². The fourth-order valence-corrected chi connectivity index (χ4v) is 1.73. The third-order valence-electron chi connectivity index (χ3n) is 2.81. The number of nitrogens with one attached hydrogen (secondary N) is 1. The molecule has 0 aliphatic carbocycles. The Morgan fingerprint density at radius 2 is 2.14 bits per heavy atom. The number of hydrogen-bond acceptors (Lipinski definition) is 6. The van der Waals surface area contributed by atoms with Crippen LogP contribution in [0.4, 0.5) is 4.39 Å². The van der Waals surface area contributed by atoms with E-state index >= 15 is 0 Å². The molecule has 1 amide bonds. The van der Waals surface area contributed by atoms with E-state index in [1.807, 2.05) is 0 Å². The number of hydrogen-bond donors (Lipinski definition) is 1. The maximum Gasteiger partial charge on any atom is 0.316 e. The summed E-state index contributed by atoms with van der Waals surface area (Å²) in [6.45, 7) is 0.0222. The van der Waals surface area contributed by atoms with Crippen molar-refractivity contribution in [3.8, 4) is 11.5 Å². The fourth-order valence-electron chi connectivity index (χ4n) is 1.73. The van der Waals surface area contributed by atoms with Crippen LogP contribution in [0.5, 0.6) is 0 Å². The predicted molar refractivity (Wildman–Crippen MR) is 72.9 cm³/mol. The Bertz CT molecular complexity index is 791. The second-order valence-corrected chi connectivity index (χ2v) is 4.29. The molecule has 1 aromatic carbocycles. The molecule has 0 saturated heterocycles. The highest BCUT2D eigenvalue weighted by molar-refractivity contribution is 5.89.